The molecule has 3 aromatic rings. The van der Waals surface area contributed by atoms with Crippen LogP contribution in [0.2, 0.25) is 5.02 Å². The maximum atomic E-state index is 12.8. The predicted molar refractivity (Wildman–Crippen MR) is 108 cm³/mol. The molecule has 1 fully saturated rings. The Morgan fingerprint density at radius 2 is 1.74 bits per heavy atom. The number of rotatable bonds is 4. The Bertz CT molecular complexity index is 950. The van der Waals surface area contributed by atoms with Gasteiger partial charge in [0.15, 0.2) is 0 Å². The van der Waals surface area contributed by atoms with Gasteiger partial charge in [-0.15, -0.1) is 0 Å². The first-order valence-electron chi connectivity index (χ1n) is 9.08. The Hall–Kier alpha value is -2.72. The molecule has 1 aromatic heterocycles. The highest BCUT2D eigenvalue weighted by atomic mass is 35.5. The van der Waals surface area contributed by atoms with Crippen LogP contribution in [0.1, 0.15) is 41.2 Å². The predicted octanol–water partition coefficient (Wildman–Crippen LogP) is 5.34. The Kier molecular flexibility index (Phi) is 4.90. The molecule has 1 aliphatic rings. The smallest absolute Gasteiger partial charge is 0.278 e. The summed E-state index contributed by atoms with van der Waals surface area (Å²) in [7, 11) is 1.72. The van der Waals surface area contributed by atoms with Crippen molar-refractivity contribution in [2.24, 2.45) is 0 Å². The summed E-state index contributed by atoms with van der Waals surface area (Å²) in [5.74, 6) is 0.490. The third-order valence-electron chi connectivity index (χ3n) is 5.16. The molecule has 4 rings (SSSR count). The number of nitrogens with zero attached hydrogens (tertiary/aromatic N) is 3. The minimum absolute atomic E-state index is 0.210. The zero-order chi connectivity index (χ0) is 18.8. The van der Waals surface area contributed by atoms with Crippen LogP contribution in [0, 0.1) is 0 Å². The van der Waals surface area contributed by atoms with Crippen molar-refractivity contribution in [3.63, 3.8) is 0 Å². The normalized spacial score (nSPS) is 13.9. The van der Waals surface area contributed by atoms with Crippen molar-refractivity contribution >= 4 is 23.2 Å². The number of carbonyl (C=O) groups excluding carboxylic acids is 1. The number of amides is 1. The second-order valence-corrected chi connectivity index (χ2v) is 7.32. The number of halogens is 1. The Balaban J connectivity index is 1.56. The highest BCUT2D eigenvalue weighted by molar-refractivity contribution is 6.30. The average molecular weight is 378 g/mol. The molecule has 1 saturated carbocycles. The Labute approximate surface area is 163 Å². The number of carbonyl (C=O) groups is 1. The van der Waals surface area contributed by atoms with Crippen molar-refractivity contribution in [1.82, 2.24) is 9.97 Å². The van der Waals surface area contributed by atoms with E-state index in [1.807, 2.05) is 0 Å². The van der Waals surface area contributed by atoms with Gasteiger partial charge in [-0.1, -0.05) is 42.3 Å². The van der Waals surface area contributed by atoms with Gasteiger partial charge in [0.1, 0.15) is 5.69 Å². The molecule has 0 unspecified atom stereocenters. The topological polar surface area (TPSA) is 46.1 Å². The van der Waals surface area contributed by atoms with Crippen LogP contribution >= 0.6 is 11.6 Å². The molecule has 1 aliphatic carbocycles. The van der Waals surface area contributed by atoms with Crippen LogP contribution in [0.5, 0.6) is 0 Å². The molecule has 0 spiro atoms. The second kappa shape index (κ2) is 7.49. The van der Waals surface area contributed by atoms with Gasteiger partial charge < -0.3 is 4.90 Å². The molecule has 1 amide bonds. The first-order valence-corrected chi connectivity index (χ1v) is 9.45. The van der Waals surface area contributed by atoms with Crippen molar-refractivity contribution < 1.29 is 4.79 Å². The van der Waals surface area contributed by atoms with E-state index in [1.165, 1.54) is 31.0 Å². The highest BCUT2D eigenvalue weighted by Gasteiger charge is 2.20. The van der Waals surface area contributed by atoms with E-state index in [-0.39, 0.29) is 5.91 Å². The molecule has 27 heavy (non-hydrogen) atoms. The number of hydrogen-bond acceptors (Lipinski definition) is 3. The summed E-state index contributed by atoms with van der Waals surface area (Å²) >= 11 is 5.92. The molecule has 0 bridgehead atoms. The largest absolute Gasteiger partial charge is 0.310 e. The van der Waals surface area contributed by atoms with Crippen molar-refractivity contribution in [3.05, 3.63) is 77.2 Å². The maximum absolute atomic E-state index is 12.8. The second-order valence-electron chi connectivity index (χ2n) is 6.88. The lowest BCUT2D eigenvalue weighted by Crippen LogP contribution is -2.27. The van der Waals surface area contributed by atoms with E-state index in [0.717, 1.165) is 11.3 Å². The number of anilines is 1. The average Bonchev–Trinajstić information content (AvgIpc) is 2.67. The van der Waals surface area contributed by atoms with Crippen molar-refractivity contribution in [1.29, 1.82) is 0 Å². The quantitative estimate of drug-likeness (QED) is 0.616. The summed E-state index contributed by atoms with van der Waals surface area (Å²) in [4.78, 5) is 23.1. The van der Waals surface area contributed by atoms with Gasteiger partial charge in [-0.2, -0.15) is 0 Å². The van der Waals surface area contributed by atoms with Crippen LogP contribution in [0.3, 0.4) is 0 Å². The van der Waals surface area contributed by atoms with Crippen LogP contribution in [-0.2, 0) is 0 Å². The molecule has 2 aromatic carbocycles. The standard InChI is InChI=1S/C22H20ClN3O/c1-26(19-11-9-18(23)10-12-19)22(27)21-14-24-13-20(25-21)17-7-5-16(6-8-17)15-3-2-4-15/h5-15H,2-4H2,1H3. The highest BCUT2D eigenvalue weighted by Crippen LogP contribution is 2.36. The van der Waals surface area contributed by atoms with Gasteiger partial charge in [0.2, 0.25) is 0 Å². The molecule has 4 nitrogen and oxygen atoms in total. The lowest BCUT2D eigenvalue weighted by atomic mass is 9.80. The van der Waals surface area contributed by atoms with Crippen LogP contribution in [-0.4, -0.2) is 22.9 Å². The molecule has 5 heteroatoms. The van der Waals surface area contributed by atoms with Gasteiger partial charge >= 0.3 is 0 Å². The third kappa shape index (κ3) is 3.71. The fourth-order valence-electron chi connectivity index (χ4n) is 3.23. The van der Waals surface area contributed by atoms with Gasteiger partial charge in [0, 0.05) is 23.3 Å². The number of hydrogen-bond donors (Lipinski definition) is 0. The minimum atomic E-state index is -0.210. The lowest BCUT2D eigenvalue weighted by Gasteiger charge is -2.25. The van der Waals surface area contributed by atoms with Crippen molar-refractivity contribution in [2.45, 2.75) is 25.2 Å². The molecular weight excluding hydrogens is 358 g/mol. The summed E-state index contributed by atoms with van der Waals surface area (Å²) in [6.07, 6.45) is 7.07. The minimum Gasteiger partial charge on any atom is -0.310 e. The van der Waals surface area contributed by atoms with Crippen LogP contribution in [0.4, 0.5) is 5.69 Å². The van der Waals surface area contributed by atoms with E-state index in [0.29, 0.717) is 22.3 Å². The van der Waals surface area contributed by atoms with Gasteiger partial charge in [-0.3, -0.25) is 9.78 Å². The first kappa shape index (κ1) is 17.7. The van der Waals surface area contributed by atoms with E-state index < -0.39 is 0 Å². The molecule has 0 N–H and O–H groups in total. The molecule has 0 atom stereocenters. The maximum Gasteiger partial charge on any atom is 0.278 e. The molecule has 0 saturated heterocycles. The van der Waals surface area contributed by atoms with Gasteiger partial charge in [0.25, 0.3) is 5.91 Å². The van der Waals surface area contributed by atoms with Crippen LogP contribution < -0.4 is 4.90 Å². The molecule has 0 radical (unpaired) electrons. The van der Waals surface area contributed by atoms with E-state index >= 15 is 0 Å². The monoisotopic (exact) mass is 377 g/mol. The molecule has 0 aliphatic heterocycles. The summed E-state index contributed by atoms with van der Waals surface area (Å²) in [5, 5.41) is 0.631. The first-order chi connectivity index (χ1) is 13.1. The van der Waals surface area contributed by atoms with Gasteiger partial charge in [0.05, 0.1) is 18.1 Å². The number of benzene rings is 2. The SMILES string of the molecule is CN(C(=O)c1cncc(-c2ccc(C3CCC3)cc2)n1)c1ccc(Cl)cc1. The van der Waals surface area contributed by atoms with Crippen molar-refractivity contribution in [3.8, 4) is 11.3 Å². The Morgan fingerprint density at radius 3 is 2.37 bits per heavy atom. The van der Waals surface area contributed by atoms with Crippen LogP contribution in [0.15, 0.2) is 60.9 Å². The summed E-state index contributed by atoms with van der Waals surface area (Å²) in [5.41, 5.74) is 4.11. The fourth-order valence-corrected chi connectivity index (χ4v) is 3.36. The zero-order valence-corrected chi connectivity index (χ0v) is 15.9. The summed E-state index contributed by atoms with van der Waals surface area (Å²) < 4.78 is 0. The zero-order valence-electron chi connectivity index (χ0n) is 15.1. The van der Waals surface area contributed by atoms with E-state index in [4.69, 9.17) is 11.6 Å². The number of aromatic nitrogens is 2. The lowest BCUT2D eigenvalue weighted by molar-refractivity contribution is 0.0988. The fraction of sp³-hybridized carbons (Fsp3) is 0.227. The van der Waals surface area contributed by atoms with E-state index in [1.54, 1.807) is 42.4 Å². The van der Waals surface area contributed by atoms with E-state index in [9.17, 15) is 4.79 Å². The summed E-state index contributed by atoms with van der Waals surface area (Å²) in [6, 6.07) is 15.6. The molecule has 1 heterocycles. The van der Waals surface area contributed by atoms with Crippen LogP contribution in [0.25, 0.3) is 11.3 Å². The third-order valence-corrected chi connectivity index (χ3v) is 5.41. The van der Waals surface area contributed by atoms with Crippen molar-refractivity contribution in [2.75, 3.05) is 11.9 Å². The summed E-state index contributed by atoms with van der Waals surface area (Å²) in [6.45, 7) is 0. The molecular formula is C22H20ClN3O. The molecule has 136 valence electrons. The van der Waals surface area contributed by atoms with E-state index in [2.05, 4.69) is 34.2 Å². The van der Waals surface area contributed by atoms with Gasteiger partial charge in [-0.05, 0) is 48.6 Å². The van der Waals surface area contributed by atoms with Gasteiger partial charge in [-0.25, -0.2) is 4.98 Å². The Morgan fingerprint density at radius 1 is 1.04 bits per heavy atom.